The number of nitrogens with zero attached hydrogens (tertiary/aromatic N) is 4. The molecule has 0 saturated carbocycles. The van der Waals surface area contributed by atoms with E-state index in [-0.39, 0.29) is 18.0 Å². The summed E-state index contributed by atoms with van der Waals surface area (Å²) in [7, 11) is 0. The van der Waals surface area contributed by atoms with Crippen LogP contribution < -0.4 is 4.74 Å². The molecule has 1 atom stereocenters. The molecule has 174 valence electrons. The van der Waals surface area contributed by atoms with Gasteiger partial charge in [-0.05, 0) is 42.7 Å². The second-order valence-corrected chi connectivity index (χ2v) is 8.70. The van der Waals surface area contributed by atoms with Crippen LogP contribution in [0.25, 0.3) is 0 Å². The summed E-state index contributed by atoms with van der Waals surface area (Å²) in [6.07, 6.45) is 5.04. The van der Waals surface area contributed by atoms with Gasteiger partial charge in [0, 0.05) is 44.0 Å². The molecular formula is C26H26N4O4. The van der Waals surface area contributed by atoms with Crippen LogP contribution in [-0.2, 0) is 11.3 Å². The van der Waals surface area contributed by atoms with Crippen molar-refractivity contribution in [3.63, 3.8) is 0 Å². The van der Waals surface area contributed by atoms with E-state index in [0.29, 0.717) is 43.9 Å². The Morgan fingerprint density at radius 2 is 1.82 bits per heavy atom. The van der Waals surface area contributed by atoms with Gasteiger partial charge in [0.05, 0.1) is 6.54 Å². The fraction of sp³-hybridized carbons (Fsp3) is 0.308. The van der Waals surface area contributed by atoms with Gasteiger partial charge in [-0.1, -0.05) is 36.4 Å². The number of likely N-dealkylation sites (tertiary alicyclic amines) is 1. The summed E-state index contributed by atoms with van der Waals surface area (Å²) < 4.78 is 11.6. The van der Waals surface area contributed by atoms with Gasteiger partial charge in [0.1, 0.15) is 11.4 Å². The van der Waals surface area contributed by atoms with Crippen LogP contribution in [0.15, 0.2) is 73.1 Å². The molecular weight excluding hydrogens is 432 g/mol. The number of benzene rings is 2. The maximum absolute atomic E-state index is 13.3. The van der Waals surface area contributed by atoms with Crippen molar-refractivity contribution in [2.24, 2.45) is 0 Å². The molecule has 1 aromatic heterocycles. The topological polar surface area (TPSA) is 84.9 Å². The predicted octanol–water partition coefficient (Wildman–Crippen LogP) is 4.29. The quantitative estimate of drug-likeness (QED) is 0.567. The first-order valence-electron chi connectivity index (χ1n) is 11.5. The molecule has 2 aliphatic rings. The van der Waals surface area contributed by atoms with Crippen molar-refractivity contribution in [3.05, 3.63) is 84.2 Å². The molecule has 1 spiro atoms. The Labute approximate surface area is 198 Å². The van der Waals surface area contributed by atoms with E-state index in [1.54, 1.807) is 47.6 Å². The van der Waals surface area contributed by atoms with E-state index in [2.05, 4.69) is 9.97 Å². The van der Waals surface area contributed by atoms with E-state index in [9.17, 15) is 9.59 Å². The largest absolute Gasteiger partial charge is 0.441 e. The molecule has 0 radical (unpaired) electrons. The van der Waals surface area contributed by atoms with Gasteiger partial charge in [0.2, 0.25) is 0 Å². The number of hydrogen-bond acceptors (Lipinski definition) is 6. The molecule has 3 heterocycles. The summed E-state index contributed by atoms with van der Waals surface area (Å²) in [6, 6.07) is 18.9. The minimum atomic E-state index is -0.545. The lowest BCUT2D eigenvalue weighted by atomic mass is 9.95. The first-order valence-corrected chi connectivity index (χ1v) is 11.5. The van der Waals surface area contributed by atoms with E-state index >= 15 is 0 Å². The van der Waals surface area contributed by atoms with Gasteiger partial charge in [0.25, 0.3) is 5.91 Å². The van der Waals surface area contributed by atoms with Crippen molar-refractivity contribution in [1.82, 2.24) is 19.8 Å². The number of aromatic nitrogens is 2. The van der Waals surface area contributed by atoms with E-state index in [0.717, 1.165) is 18.4 Å². The first-order chi connectivity index (χ1) is 16.6. The van der Waals surface area contributed by atoms with Crippen molar-refractivity contribution in [3.8, 4) is 11.8 Å². The molecule has 0 bridgehead atoms. The highest BCUT2D eigenvalue weighted by molar-refractivity contribution is 5.94. The summed E-state index contributed by atoms with van der Waals surface area (Å²) in [5.41, 5.74) is 1.07. The lowest BCUT2D eigenvalue weighted by molar-refractivity contribution is 0.0438. The normalized spacial score (nSPS) is 20.2. The molecule has 8 heteroatoms. The zero-order valence-electron chi connectivity index (χ0n) is 18.8. The molecule has 2 aromatic carbocycles. The average molecular weight is 459 g/mol. The molecule has 2 amide bonds. The maximum atomic E-state index is 13.3. The SMILES string of the molecule is O=C1O[C@]2(CCCN(C(=O)c3cccc(Oc4ncccn4)c3)CC2)CN1Cc1ccccc1. The third-order valence-corrected chi connectivity index (χ3v) is 6.27. The van der Waals surface area contributed by atoms with Crippen molar-refractivity contribution >= 4 is 12.0 Å². The van der Waals surface area contributed by atoms with Crippen molar-refractivity contribution in [2.45, 2.75) is 31.4 Å². The number of carbonyl (C=O) groups excluding carboxylic acids is 2. The predicted molar refractivity (Wildman–Crippen MR) is 124 cm³/mol. The van der Waals surface area contributed by atoms with E-state index in [1.165, 1.54) is 0 Å². The monoisotopic (exact) mass is 458 g/mol. The second kappa shape index (κ2) is 9.51. The fourth-order valence-corrected chi connectivity index (χ4v) is 4.57. The highest BCUT2D eigenvalue weighted by Crippen LogP contribution is 2.34. The van der Waals surface area contributed by atoms with Gasteiger partial charge in [-0.3, -0.25) is 9.69 Å². The number of ether oxygens (including phenoxy) is 2. The van der Waals surface area contributed by atoms with Crippen molar-refractivity contribution in [1.29, 1.82) is 0 Å². The Morgan fingerprint density at radius 3 is 2.65 bits per heavy atom. The molecule has 2 saturated heterocycles. The fourth-order valence-electron chi connectivity index (χ4n) is 4.57. The Hall–Kier alpha value is -3.94. The van der Waals surface area contributed by atoms with E-state index in [1.807, 2.05) is 35.2 Å². The molecule has 3 aromatic rings. The Balaban J connectivity index is 1.23. The van der Waals surface area contributed by atoms with Crippen LogP contribution in [0.4, 0.5) is 4.79 Å². The molecule has 0 unspecified atom stereocenters. The van der Waals surface area contributed by atoms with Crippen molar-refractivity contribution in [2.75, 3.05) is 19.6 Å². The number of rotatable bonds is 5. The van der Waals surface area contributed by atoms with Crippen LogP contribution >= 0.6 is 0 Å². The lowest BCUT2D eigenvalue weighted by Crippen LogP contribution is -2.37. The van der Waals surface area contributed by atoms with Crippen LogP contribution in [0.1, 0.15) is 35.2 Å². The van der Waals surface area contributed by atoms with Crippen molar-refractivity contribution < 1.29 is 19.1 Å². The maximum Gasteiger partial charge on any atom is 0.410 e. The zero-order valence-corrected chi connectivity index (χ0v) is 18.8. The first kappa shape index (κ1) is 21.9. The van der Waals surface area contributed by atoms with Gasteiger partial charge in [0.15, 0.2) is 0 Å². The Kier molecular flexibility index (Phi) is 6.12. The lowest BCUT2D eigenvalue weighted by Gasteiger charge is -2.25. The van der Waals surface area contributed by atoms with Crippen LogP contribution in [0.5, 0.6) is 11.8 Å². The van der Waals surface area contributed by atoms with Gasteiger partial charge < -0.3 is 14.4 Å². The number of amides is 2. The van der Waals surface area contributed by atoms with Gasteiger partial charge in [-0.15, -0.1) is 0 Å². The Bertz CT molecular complexity index is 1160. The van der Waals surface area contributed by atoms with Gasteiger partial charge >= 0.3 is 12.1 Å². The molecule has 5 rings (SSSR count). The van der Waals surface area contributed by atoms with Gasteiger partial charge in [-0.25, -0.2) is 14.8 Å². The smallest absolute Gasteiger partial charge is 0.410 e. The zero-order chi connectivity index (χ0) is 23.4. The molecule has 0 aliphatic carbocycles. The summed E-state index contributed by atoms with van der Waals surface area (Å²) in [5.74, 6) is 0.437. The second-order valence-electron chi connectivity index (χ2n) is 8.70. The number of hydrogen-bond donors (Lipinski definition) is 0. The summed E-state index contributed by atoms with van der Waals surface area (Å²) in [6.45, 7) is 2.22. The standard InChI is InChI=1S/C26H26N4O4/c31-23(21-9-4-10-22(17-21)33-24-27-13-6-14-28-24)29-15-5-11-26(12-16-29)19-30(25(32)34-26)18-20-7-2-1-3-8-20/h1-4,6-10,13-14,17H,5,11-12,15-16,18-19H2/t26-/m0/s1. The van der Waals surface area contributed by atoms with Crippen LogP contribution in [0, 0.1) is 0 Å². The minimum absolute atomic E-state index is 0.0676. The minimum Gasteiger partial charge on any atom is -0.441 e. The third-order valence-electron chi connectivity index (χ3n) is 6.27. The third kappa shape index (κ3) is 4.85. The summed E-state index contributed by atoms with van der Waals surface area (Å²) >= 11 is 0. The molecule has 2 aliphatic heterocycles. The summed E-state index contributed by atoms with van der Waals surface area (Å²) in [5, 5.41) is 0. The average Bonchev–Trinajstić information content (AvgIpc) is 3.02. The van der Waals surface area contributed by atoms with E-state index in [4.69, 9.17) is 9.47 Å². The van der Waals surface area contributed by atoms with Crippen LogP contribution in [-0.4, -0.2) is 57.0 Å². The highest BCUT2D eigenvalue weighted by Gasteiger charge is 2.46. The molecule has 8 nitrogen and oxygen atoms in total. The van der Waals surface area contributed by atoms with Crippen LogP contribution in [0.3, 0.4) is 0 Å². The summed E-state index contributed by atoms with van der Waals surface area (Å²) in [4.78, 5) is 37.5. The molecule has 34 heavy (non-hydrogen) atoms. The molecule has 0 N–H and O–H groups in total. The molecule has 2 fully saturated rings. The van der Waals surface area contributed by atoms with Gasteiger partial charge in [-0.2, -0.15) is 0 Å². The number of carbonyl (C=O) groups is 2. The van der Waals surface area contributed by atoms with E-state index < -0.39 is 5.60 Å². The Morgan fingerprint density at radius 1 is 1.00 bits per heavy atom. The highest BCUT2D eigenvalue weighted by atomic mass is 16.6. The van der Waals surface area contributed by atoms with Crippen LogP contribution in [0.2, 0.25) is 0 Å².